The summed E-state index contributed by atoms with van der Waals surface area (Å²) in [5, 5.41) is 25.7. The molecule has 0 radical (unpaired) electrons. The molecule has 0 fully saturated rings. The highest BCUT2D eigenvalue weighted by atomic mass is 32.1. The Labute approximate surface area is 152 Å². The van der Waals surface area contributed by atoms with Gasteiger partial charge in [0.05, 0.1) is 11.4 Å². The molecular formula is C17H23N4O3S-. The van der Waals surface area contributed by atoms with Gasteiger partial charge in [-0.05, 0) is 24.6 Å². The van der Waals surface area contributed by atoms with Crippen LogP contribution in [0.25, 0.3) is 0 Å². The van der Waals surface area contributed by atoms with E-state index in [1.807, 2.05) is 6.08 Å². The first-order valence-electron chi connectivity index (χ1n) is 7.95. The van der Waals surface area contributed by atoms with Gasteiger partial charge in [-0.15, -0.1) is 12.6 Å². The Bertz CT molecular complexity index is 695. The summed E-state index contributed by atoms with van der Waals surface area (Å²) >= 11 is 4.36. The van der Waals surface area contributed by atoms with E-state index in [0.29, 0.717) is 6.42 Å². The first-order chi connectivity index (χ1) is 11.7. The van der Waals surface area contributed by atoms with E-state index >= 15 is 0 Å². The maximum Gasteiger partial charge on any atom is 0.224 e. The molecule has 1 heterocycles. The topological polar surface area (TPSA) is 100 Å². The first-order valence-corrected chi connectivity index (χ1v) is 8.47. The Morgan fingerprint density at radius 2 is 2.12 bits per heavy atom. The quantitative estimate of drug-likeness (QED) is 0.475. The molecule has 8 heteroatoms. The molecule has 7 nitrogen and oxygen atoms in total. The van der Waals surface area contributed by atoms with Crippen LogP contribution >= 0.6 is 12.6 Å². The molecule has 2 rings (SSSR count). The second-order valence-corrected chi connectivity index (χ2v) is 7.28. The summed E-state index contributed by atoms with van der Waals surface area (Å²) in [4.78, 5) is 16.6. The van der Waals surface area contributed by atoms with E-state index in [0.717, 1.165) is 11.4 Å². The van der Waals surface area contributed by atoms with E-state index in [1.165, 1.54) is 6.07 Å². The van der Waals surface area contributed by atoms with Crippen LogP contribution in [0.4, 0.5) is 11.4 Å². The van der Waals surface area contributed by atoms with Crippen molar-refractivity contribution in [2.45, 2.75) is 39.1 Å². The lowest BCUT2D eigenvalue weighted by Crippen LogP contribution is -2.32. The van der Waals surface area contributed by atoms with Crippen molar-refractivity contribution in [3.8, 4) is 0 Å². The van der Waals surface area contributed by atoms with Crippen molar-refractivity contribution < 1.29 is 10.0 Å². The number of aliphatic imine (C=N–C) groups is 1. The number of para-hydroxylation sites is 2. The van der Waals surface area contributed by atoms with E-state index in [-0.39, 0.29) is 39.8 Å². The van der Waals surface area contributed by atoms with Gasteiger partial charge in [-0.25, -0.2) is 0 Å². The summed E-state index contributed by atoms with van der Waals surface area (Å²) in [6, 6.07) is 6.25. The van der Waals surface area contributed by atoms with Crippen molar-refractivity contribution in [3.63, 3.8) is 0 Å². The summed E-state index contributed by atoms with van der Waals surface area (Å²) in [6.45, 7) is 6.21. The molecule has 1 amide bonds. The van der Waals surface area contributed by atoms with Crippen molar-refractivity contribution in [1.29, 1.82) is 0 Å². The van der Waals surface area contributed by atoms with Crippen molar-refractivity contribution in [2.75, 3.05) is 10.5 Å². The molecule has 1 aromatic carbocycles. The molecule has 1 atom stereocenters. The molecular weight excluding hydrogens is 340 g/mol. The van der Waals surface area contributed by atoms with E-state index in [9.17, 15) is 10.0 Å². The number of anilines is 2. The molecule has 0 bridgehead atoms. The molecule has 25 heavy (non-hydrogen) atoms. The van der Waals surface area contributed by atoms with Gasteiger partial charge in [0, 0.05) is 23.2 Å². The fourth-order valence-electron chi connectivity index (χ4n) is 2.34. The van der Waals surface area contributed by atoms with E-state index < -0.39 is 0 Å². The van der Waals surface area contributed by atoms with Crippen LogP contribution in [0.1, 0.15) is 33.6 Å². The van der Waals surface area contributed by atoms with Crippen LogP contribution in [-0.2, 0) is 4.79 Å². The highest BCUT2D eigenvalue weighted by molar-refractivity contribution is 7.80. The Kier molecular flexibility index (Phi) is 6.10. The number of hydrogen-bond donors (Lipinski definition) is 4. The zero-order chi connectivity index (χ0) is 18.6. The predicted molar refractivity (Wildman–Crippen MR) is 103 cm³/mol. The molecule has 1 unspecified atom stereocenters. The summed E-state index contributed by atoms with van der Waals surface area (Å²) in [5.74, 6) is -0.257. The number of amides is 1. The summed E-state index contributed by atoms with van der Waals surface area (Å²) < 4.78 is 0. The van der Waals surface area contributed by atoms with Crippen molar-refractivity contribution >= 4 is 35.6 Å². The van der Waals surface area contributed by atoms with Crippen LogP contribution in [-0.4, -0.2) is 22.3 Å². The Morgan fingerprint density at radius 1 is 1.44 bits per heavy atom. The molecule has 0 aromatic heterocycles. The van der Waals surface area contributed by atoms with Gasteiger partial charge in [0.15, 0.2) is 5.50 Å². The summed E-state index contributed by atoms with van der Waals surface area (Å²) in [7, 11) is 0. The van der Waals surface area contributed by atoms with E-state index in [4.69, 9.17) is 5.21 Å². The number of nitrogens with one attached hydrogen (secondary N) is 2. The SMILES string of the molecule is CC(C)(C)C1=NC(S)NC(CCC(=O)Nc2ccccc2N([O-])O)=C1. The maximum absolute atomic E-state index is 12.2. The highest BCUT2D eigenvalue weighted by Crippen LogP contribution is 2.25. The number of nitrogens with zero attached hydrogens (tertiary/aromatic N) is 2. The van der Waals surface area contributed by atoms with Crippen molar-refractivity contribution in [2.24, 2.45) is 10.4 Å². The predicted octanol–water partition coefficient (Wildman–Crippen LogP) is 3.29. The van der Waals surface area contributed by atoms with Gasteiger partial charge in [0.2, 0.25) is 5.91 Å². The van der Waals surface area contributed by atoms with Crippen LogP contribution in [0.5, 0.6) is 0 Å². The molecule has 0 aliphatic carbocycles. The lowest BCUT2D eigenvalue weighted by molar-refractivity contribution is -0.116. The zero-order valence-corrected chi connectivity index (χ0v) is 15.4. The minimum atomic E-state index is -0.332. The van der Waals surface area contributed by atoms with Gasteiger partial charge in [-0.1, -0.05) is 32.9 Å². The minimum absolute atomic E-state index is 0.0107. The number of carbonyl (C=O) groups is 1. The normalized spacial score (nSPS) is 17.3. The number of benzene rings is 1. The van der Waals surface area contributed by atoms with Crippen LogP contribution in [0.15, 0.2) is 41.0 Å². The van der Waals surface area contributed by atoms with Gasteiger partial charge in [0.1, 0.15) is 0 Å². The second-order valence-electron chi connectivity index (χ2n) is 6.79. The van der Waals surface area contributed by atoms with Gasteiger partial charge >= 0.3 is 0 Å². The summed E-state index contributed by atoms with van der Waals surface area (Å²) in [6.07, 6.45) is 2.65. The molecule has 3 N–H and O–H groups in total. The van der Waals surface area contributed by atoms with Gasteiger partial charge < -0.3 is 21.1 Å². The lowest BCUT2D eigenvalue weighted by Gasteiger charge is -2.27. The summed E-state index contributed by atoms with van der Waals surface area (Å²) in [5.41, 5.74) is 1.63. The van der Waals surface area contributed by atoms with Crippen molar-refractivity contribution in [3.05, 3.63) is 41.2 Å². The Morgan fingerprint density at radius 3 is 2.76 bits per heavy atom. The molecule has 0 saturated heterocycles. The molecule has 1 aliphatic heterocycles. The van der Waals surface area contributed by atoms with Crippen molar-refractivity contribution in [1.82, 2.24) is 5.32 Å². The number of allylic oxidation sites excluding steroid dienone is 2. The minimum Gasteiger partial charge on any atom is -0.733 e. The number of rotatable bonds is 5. The van der Waals surface area contributed by atoms with Gasteiger partial charge in [0.25, 0.3) is 0 Å². The van der Waals surface area contributed by atoms with Crippen LogP contribution in [0.2, 0.25) is 0 Å². The first kappa shape index (κ1) is 19.3. The average Bonchev–Trinajstić information content (AvgIpc) is 2.52. The molecule has 1 aliphatic rings. The van der Waals surface area contributed by atoms with E-state index in [1.54, 1.807) is 18.2 Å². The highest BCUT2D eigenvalue weighted by Gasteiger charge is 2.22. The standard InChI is InChI=1S/C17H23N4O3S/c1-17(2,3)14-10-11(18-16(25)20-14)8-9-15(22)19-12-6-4-5-7-13(12)21(23)24/h4-7,10,16,18,23,25H,8-9H2,1-3H3,(H,19,22)/q-1. The third-order valence-electron chi connectivity index (χ3n) is 3.66. The largest absolute Gasteiger partial charge is 0.733 e. The second kappa shape index (κ2) is 7.90. The van der Waals surface area contributed by atoms with Gasteiger partial charge in [-0.2, -0.15) is 0 Å². The fraction of sp³-hybridized carbons (Fsp3) is 0.412. The molecule has 0 spiro atoms. The zero-order valence-electron chi connectivity index (χ0n) is 14.5. The lowest BCUT2D eigenvalue weighted by atomic mass is 9.88. The maximum atomic E-state index is 12.2. The molecule has 0 saturated carbocycles. The van der Waals surface area contributed by atoms with Crippen LogP contribution in [0, 0.1) is 10.6 Å². The number of carbonyl (C=O) groups excluding carboxylic acids is 1. The average molecular weight is 363 g/mol. The Hall–Kier alpha value is -2.03. The molecule has 1 aromatic rings. The smallest absolute Gasteiger partial charge is 0.224 e. The molecule has 136 valence electrons. The fourth-order valence-corrected chi connectivity index (χ4v) is 2.63. The Balaban J connectivity index is 1.99. The van der Waals surface area contributed by atoms with Crippen LogP contribution in [0.3, 0.4) is 0 Å². The monoisotopic (exact) mass is 363 g/mol. The number of hydrogen-bond acceptors (Lipinski definition) is 7. The van der Waals surface area contributed by atoms with Crippen LogP contribution < -0.4 is 15.9 Å². The van der Waals surface area contributed by atoms with E-state index in [2.05, 4.69) is 49.0 Å². The van der Waals surface area contributed by atoms with Gasteiger partial charge in [-0.3, -0.25) is 15.0 Å². The number of thiol groups is 1. The third-order valence-corrected chi connectivity index (χ3v) is 3.91. The third kappa shape index (κ3) is 5.48.